The molecular formula is C9H10N6O3. The van der Waals surface area contributed by atoms with Crippen LogP contribution < -0.4 is 11.1 Å². The zero-order valence-electron chi connectivity index (χ0n) is 9.24. The van der Waals surface area contributed by atoms with Crippen LogP contribution in [0.1, 0.15) is 5.82 Å². The summed E-state index contributed by atoms with van der Waals surface area (Å²) >= 11 is 0. The molecular weight excluding hydrogens is 240 g/mol. The predicted molar refractivity (Wildman–Crippen MR) is 61.8 cm³/mol. The molecule has 9 heteroatoms. The lowest BCUT2D eigenvalue weighted by Crippen LogP contribution is -2.08. The van der Waals surface area contributed by atoms with E-state index < -0.39 is 4.92 Å². The Bertz CT molecular complexity index is 541. The summed E-state index contributed by atoms with van der Waals surface area (Å²) in [4.78, 5) is 17.9. The Kier molecular flexibility index (Phi) is 3.32. The third-order valence-corrected chi connectivity index (χ3v) is 2.10. The smallest absolute Gasteiger partial charge is 0.276 e. The maximum Gasteiger partial charge on any atom is 0.276 e. The highest BCUT2D eigenvalue weighted by molar-refractivity contribution is 5.52. The van der Waals surface area contributed by atoms with Gasteiger partial charge in [-0.25, -0.2) is 4.98 Å². The van der Waals surface area contributed by atoms with Crippen molar-refractivity contribution in [2.75, 3.05) is 17.6 Å². The van der Waals surface area contributed by atoms with Gasteiger partial charge in [-0.2, -0.15) is 4.98 Å². The predicted octanol–water partition coefficient (Wildman–Crippen LogP) is 0.610. The molecule has 2 aromatic rings. The highest BCUT2D eigenvalue weighted by atomic mass is 16.6. The zero-order valence-corrected chi connectivity index (χ0v) is 9.24. The first kappa shape index (κ1) is 11.8. The number of nitrogen functional groups attached to an aromatic ring is 1. The molecule has 0 unspecified atom stereocenters. The second-order valence-corrected chi connectivity index (χ2v) is 3.42. The maximum atomic E-state index is 10.6. The summed E-state index contributed by atoms with van der Waals surface area (Å²) in [5, 5.41) is 17.2. The van der Waals surface area contributed by atoms with Crippen molar-refractivity contribution in [1.82, 2.24) is 15.1 Å². The number of nitrogens with two attached hydrogens (primary N) is 1. The number of hydrogen-bond acceptors (Lipinski definition) is 8. The molecule has 0 radical (unpaired) electrons. The molecule has 3 N–H and O–H groups in total. The molecule has 0 aliphatic heterocycles. The fourth-order valence-corrected chi connectivity index (χ4v) is 1.34. The van der Waals surface area contributed by atoms with Gasteiger partial charge in [0.2, 0.25) is 6.39 Å². The van der Waals surface area contributed by atoms with Gasteiger partial charge in [0.25, 0.3) is 5.69 Å². The molecule has 2 heterocycles. The molecule has 0 fully saturated rings. The van der Waals surface area contributed by atoms with Crippen LogP contribution in [0.4, 0.5) is 17.3 Å². The molecule has 0 amide bonds. The number of nitro groups is 1. The first-order valence-corrected chi connectivity index (χ1v) is 5.06. The number of rotatable bonds is 5. The highest BCUT2D eigenvalue weighted by Crippen LogP contribution is 2.18. The molecule has 0 bridgehead atoms. The molecule has 0 aromatic carbocycles. The average molecular weight is 250 g/mol. The molecule has 0 saturated carbocycles. The van der Waals surface area contributed by atoms with Crippen molar-refractivity contribution < 1.29 is 9.45 Å². The Morgan fingerprint density at radius 2 is 2.33 bits per heavy atom. The third kappa shape index (κ3) is 2.90. The minimum Gasteiger partial charge on any atom is -0.383 e. The first-order valence-electron chi connectivity index (χ1n) is 5.06. The lowest BCUT2D eigenvalue weighted by Gasteiger charge is -2.04. The van der Waals surface area contributed by atoms with Gasteiger partial charge < -0.3 is 15.6 Å². The SMILES string of the molecule is Nc1cc([N+](=O)[O-])cc(NCCc2ncon2)n1. The normalized spacial score (nSPS) is 10.2. The Labute approximate surface area is 101 Å². The highest BCUT2D eigenvalue weighted by Gasteiger charge is 2.09. The summed E-state index contributed by atoms with van der Waals surface area (Å²) < 4.78 is 4.57. The van der Waals surface area contributed by atoms with Crippen molar-refractivity contribution >= 4 is 17.3 Å². The second-order valence-electron chi connectivity index (χ2n) is 3.42. The van der Waals surface area contributed by atoms with E-state index >= 15 is 0 Å². The summed E-state index contributed by atoms with van der Waals surface area (Å²) in [6.07, 6.45) is 1.75. The minimum atomic E-state index is -0.525. The van der Waals surface area contributed by atoms with Crippen LogP contribution in [-0.4, -0.2) is 26.6 Å². The van der Waals surface area contributed by atoms with Gasteiger partial charge in [0.15, 0.2) is 5.82 Å². The number of aromatic nitrogens is 3. The van der Waals surface area contributed by atoms with Crippen molar-refractivity contribution in [3.63, 3.8) is 0 Å². The van der Waals surface area contributed by atoms with Crippen LogP contribution in [0.25, 0.3) is 0 Å². The Morgan fingerprint density at radius 1 is 1.50 bits per heavy atom. The molecule has 9 nitrogen and oxygen atoms in total. The first-order chi connectivity index (χ1) is 8.65. The molecule has 0 aliphatic carbocycles. The number of nitrogens with zero attached hydrogens (tertiary/aromatic N) is 4. The Morgan fingerprint density at radius 3 is 3.00 bits per heavy atom. The molecule has 0 aliphatic rings. The zero-order chi connectivity index (χ0) is 13.0. The van der Waals surface area contributed by atoms with Crippen LogP contribution in [-0.2, 0) is 6.42 Å². The van der Waals surface area contributed by atoms with Crippen LogP contribution in [0.15, 0.2) is 23.0 Å². The fourth-order valence-electron chi connectivity index (χ4n) is 1.34. The molecule has 0 atom stereocenters. The molecule has 94 valence electrons. The van der Waals surface area contributed by atoms with Crippen LogP contribution in [0.2, 0.25) is 0 Å². The average Bonchev–Trinajstić information content (AvgIpc) is 2.81. The van der Waals surface area contributed by atoms with E-state index in [1.165, 1.54) is 18.5 Å². The second kappa shape index (κ2) is 5.08. The summed E-state index contributed by atoms with van der Waals surface area (Å²) in [6, 6.07) is 2.51. The van der Waals surface area contributed by atoms with Gasteiger partial charge in [0.1, 0.15) is 11.6 Å². The van der Waals surface area contributed by atoms with Crippen molar-refractivity contribution in [2.45, 2.75) is 6.42 Å². The van der Waals surface area contributed by atoms with Gasteiger partial charge in [0.05, 0.1) is 17.1 Å². The number of hydrogen-bond donors (Lipinski definition) is 2. The standard InChI is InChI=1S/C9H10N6O3/c10-7-3-6(15(16)17)4-9(13-7)11-2-1-8-12-5-18-14-8/h3-5H,1-2H2,(H3,10,11,13). The van der Waals surface area contributed by atoms with E-state index in [9.17, 15) is 10.1 Å². The van der Waals surface area contributed by atoms with Crippen molar-refractivity contribution in [2.24, 2.45) is 0 Å². The van der Waals surface area contributed by atoms with E-state index in [1.807, 2.05) is 0 Å². The van der Waals surface area contributed by atoms with Gasteiger partial charge in [-0.1, -0.05) is 5.16 Å². The third-order valence-electron chi connectivity index (χ3n) is 2.10. The van der Waals surface area contributed by atoms with Crippen molar-refractivity contribution in [1.29, 1.82) is 0 Å². The van der Waals surface area contributed by atoms with E-state index in [-0.39, 0.29) is 11.5 Å². The van der Waals surface area contributed by atoms with Crippen LogP contribution in [0, 0.1) is 10.1 Å². The van der Waals surface area contributed by atoms with Crippen molar-refractivity contribution in [3.05, 3.63) is 34.5 Å². The van der Waals surface area contributed by atoms with Crippen LogP contribution >= 0.6 is 0 Å². The van der Waals surface area contributed by atoms with Crippen molar-refractivity contribution in [3.8, 4) is 0 Å². The minimum absolute atomic E-state index is 0.0891. The van der Waals surface area contributed by atoms with Gasteiger partial charge >= 0.3 is 0 Å². The lowest BCUT2D eigenvalue weighted by molar-refractivity contribution is -0.384. The van der Waals surface area contributed by atoms with Gasteiger partial charge in [-0.05, 0) is 0 Å². The monoisotopic (exact) mass is 250 g/mol. The van der Waals surface area contributed by atoms with Gasteiger partial charge in [-0.3, -0.25) is 10.1 Å². The molecule has 18 heavy (non-hydrogen) atoms. The van der Waals surface area contributed by atoms with Crippen LogP contribution in [0.5, 0.6) is 0 Å². The van der Waals surface area contributed by atoms with E-state index in [0.29, 0.717) is 24.6 Å². The summed E-state index contributed by atoms with van der Waals surface area (Å²) in [5.74, 6) is 0.970. The summed E-state index contributed by atoms with van der Waals surface area (Å²) in [5.41, 5.74) is 5.36. The summed E-state index contributed by atoms with van der Waals surface area (Å²) in [6.45, 7) is 0.465. The molecule has 2 rings (SSSR count). The van der Waals surface area contributed by atoms with E-state index in [0.717, 1.165) is 0 Å². The summed E-state index contributed by atoms with van der Waals surface area (Å²) in [7, 11) is 0. The van der Waals surface area contributed by atoms with E-state index in [2.05, 4.69) is 25.0 Å². The number of anilines is 2. The van der Waals surface area contributed by atoms with E-state index in [1.54, 1.807) is 0 Å². The fraction of sp³-hybridized carbons (Fsp3) is 0.222. The number of nitrogens with one attached hydrogen (secondary N) is 1. The number of pyridine rings is 1. The van der Waals surface area contributed by atoms with Gasteiger partial charge in [-0.15, -0.1) is 0 Å². The topological polar surface area (TPSA) is 133 Å². The van der Waals surface area contributed by atoms with Gasteiger partial charge in [0, 0.05) is 13.0 Å². The molecule has 0 spiro atoms. The maximum absolute atomic E-state index is 10.6. The molecule has 0 saturated heterocycles. The van der Waals surface area contributed by atoms with E-state index in [4.69, 9.17) is 5.73 Å². The Balaban J connectivity index is 1.98. The Hall–Kier alpha value is -2.71. The quantitative estimate of drug-likeness (QED) is 0.582. The molecule has 2 aromatic heterocycles. The van der Waals surface area contributed by atoms with Crippen LogP contribution in [0.3, 0.4) is 0 Å². The lowest BCUT2D eigenvalue weighted by atomic mass is 10.3. The largest absolute Gasteiger partial charge is 0.383 e.